The number of carbonyl (C=O) groups excluding carboxylic acids is 1. The van der Waals surface area contributed by atoms with Crippen molar-refractivity contribution in [2.75, 3.05) is 17.2 Å². The maximum Gasteiger partial charge on any atom is 0.573 e. The second kappa shape index (κ2) is 14.4. The van der Waals surface area contributed by atoms with Crippen LogP contribution in [0.4, 0.5) is 23.7 Å². The van der Waals surface area contributed by atoms with Crippen molar-refractivity contribution >= 4 is 34.9 Å². The number of carbonyl (C=O) groups is 1. The van der Waals surface area contributed by atoms with Crippen LogP contribution in [0.1, 0.15) is 42.4 Å². The fourth-order valence-corrected chi connectivity index (χ4v) is 5.83. The van der Waals surface area contributed by atoms with Crippen LogP contribution >= 0.6 is 11.8 Å². The van der Waals surface area contributed by atoms with Crippen LogP contribution in [-0.4, -0.2) is 50.8 Å². The van der Waals surface area contributed by atoms with E-state index >= 15 is 0 Å². The summed E-state index contributed by atoms with van der Waals surface area (Å²) in [5, 5.41) is 14.8. The molecule has 2 heterocycles. The van der Waals surface area contributed by atoms with E-state index in [0.717, 1.165) is 42.8 Å². The fraction of sp³-hybridized carbons (Fsp3) is 0.273. The van der Waals surface area contributed by atoms with Crippen LogP contribution in [0.15, 0.2) is 83.0 Å². The number of alkyl halides is 3. The van der Waals surface area contributed by atoms with E-state index < -0.39 is 18.3 Å². The molecule has 0 saturated carbocycles. The molecular formula is C33H30F3N7O2S. The zero-order valence-electron chi connectivity index (χ0n) is 25.1. The third kappa shape index (κ3) is 8.19. The molecule has 1 unspecified atom stereocenters. The van der Waals surface area contributed by atoms with Crippen LogP contribution in [0.2, 0.25) is 0 Å². The highest BCUT2D eigenvalue weighted by molar-refractivity contribution is 8.14. The predicted molar refractivity (Wildman–Crippen MR) is 173 cm³/mol. The number of thioether (sulfide) groups is 1. The van der Waals surface area contributed by atoms with Crippen molar-refractivity contribution in [1.82, 2.24) is 14.8 Å². The molecule has 1 aromatic heterocycles. The van der Waals surface area contributed by atoms with Gasteiger partial charge in [-0.1, -0.05) is 61.5 Å². The van der Waals surface area contributed by atoms with Gasteiger partial charge in [-0.25, -0.2) is 19.5 Å². The first-order chi connectivity index (χ1) is 22.1. The molecule has 0 spiro atoms. The second-order valence-electron chi connectivity index (χ2n) is 10.5. The van der Waals surface area contributed by atoms with Crippen LogP contribution in [0.5, 0.6) is 5.75 Å². The number of nitriles is 1. The lowest BCUT2D eigenvalue weighted by molar-refractivity contribution is -0.274. The molecule has 4 aromatic rings. The highest BCUT2D eigenvalue weighted by atomic mass is 32.2. The Kier molecular flexibility index (Phi) is 10.2. The summed E-state index contributed by atoms with van der Waals surface area (Å²) >= 11 is 1.52. The lowest BCUT2D eigenvalue weighted by Crippen LogP contribution is -2.35. The van der Waals surface area contributed by atoms with E-state index in [9.17, 15) is 23.2 Å². The molecule has 0 aliphatic carbocycles. The number of anilines is 1. The average molecular weight is 646 g/mol. The van der Waals surface area contributed by atoms with Gasteiger partial charge in [-0.2, -0.15) is 10.3 Å². The number of halogens is 3. The number of aliphatic imine (C=N–C) groups is 2. The summed E-state index contributed by atoms with van der Waals surface area (Å²) in [5.74, 6) is 0.102. The Balaban J connectivity index is 1.27. The molecular weight excluding hydrogens is 615 g/mol. The number of aromatic nitrogens is 3. The maximum atomic E-state index is 12.8. The monoisotopic (exact) mass is 645 g/mol. The number of urea groups is 1. The first-order valence-corrected chi connectivity index (χ1v) is 15.6. The van der Waals surface area contributed by atoms with Crippen LogP contribution in [0.25, 0.3) is 17.1 Å². The van der Waals surface area contributed by atoms with E-state index in [1.54, 1.807) is 24.3 Å². The topological polar surface area (TPSA) is 109 Å². The van der Waals surface area contributed by atoms with Crippen molar-refractivity contribution in [2.45, 2.75) is 45.4 Å². The second-order valence-corrected chi connectivity index (χ2v) is 11.5. The van der Waals surface area contributed by atoms with Crippen LogP contribution in [0.3, 0.4) is 0 Å². The third-order valence-electron chi connectivity index (χ3n) is 7.06. The lowest BCUT2D eigenvalue weighted by atomic mass is 10.0. The first-order valence-electron chi connectivity index (χ1n) is 14.6. The smallest absolute Gasteiger partial charge is 0.406 e. The summed E-state index contributed by atoms with van der Waals surface area (Å²) in [7, 11) is 0. The van der Waals surface area contributed by atoms with Crippen LogP contribution in [0, 0.1) is 18.3 Å². The average Bonchev–Trinajstić information content (AvgIpc) is 3.53. The third-order valence-corrected chi connectivity index (χ3v) is 8.12. The van der Waals surface area contributed by atoms with Gasteiger partial charge in [0.2, 0.25) is 0 Å². The molecule has 0 N–H and O–H groups in total. The normalized spacial score (nSPS) is 15.2. The molecule has 3 aromatic carbocycles. The van der Waals surface area contributed by atoms with E-state index in [2.05, 4.69) is 60.9 Å². The minimum Gasteiger partial charge on any atom is -0.406 e. The highest BCUT2D eigenvalue weighted by Crippen LogP contribution is 2.30. The summed E-state index contributed by atoms with van der Waals surface area (Å²) in [5.41, 5.74) is 5.18. The summed E-state index contributed by atoms with van der Waals surface area (Å²) in [6, 6.07) is 20.0. The quantitative estimate of drug-likeness (QED) is 0.179. The molecule has 13 heteroatoms. The molecule has 236 valence electrons. The highest BCUT2D eigenvalue weighted by Gasteiger charge is 2.31. The Morgan fingerprint density at radius 1 is 1.15 bits per heavy atom. The zero-order chi connectivity index (χ0) is 32.7. The number of ether oxygens (including phenoxy) is 1. The SMILES string of the molecule is CCCc1ccc(C)cc1N1CCCSC1=NC(=O)N=CC(C#N)c1ccc(-c2ncn(-c3ccc(OC(F)(F)F)cc3)n2)cc1. The van der Waals surface area contributed by atoms with E-state index in [-0.39, 0.29) is 5.75 Å². The molecule has 1 aliphatic rings. The Morgan fingerprint density at radius 2 is 1.91 bits per heavy atom. The first kappa shape index (κ1) is 32.4. The van der Waals surface area contributed by atoms with Gasteiger partial charge >= 0.3 is 12.4 Å². The molecule has 0 bridgehead atoms. The van der Waals surface area contributed by atoms with E-state index in [1.807, 2.05) is 6.92 Å². The largest absolute Gasteiger partial charge is 0.573 e. The molecule has 2 amide bonds. The Labute approximate surface area is 268 Å². The van der Waals surface area contributed by atoms with E-state index in [4.69, 9.17) is 0 Å². The number of aryl methyl sites for hydroxylation is 2. The van der Waals surface area contributed by atoms with Crippen LogP contribution < -0.4 is 9.64 Å². The van der Waals surface area contributed by atoms with Gasteiger partial charge in [0.1, 0.15) is 18.0 Å². The Morgan fingerprint density at radius 3 is 2.61 bits per heavy atom. The number of hydrogen-bond donors (Lipinski definition) is 0. The van der Waals surface area contributed by atoms with Gasteiger partial charge in [0.25, 0.3) is 0 Å². The van der Waals surface area contributed by atoms with E-state index in [0.29, 0.717) is 27.8 Å². The van der Waals surface area contributed by atoms with Gasteiger partial charge in [0, 0.05) is 29.8 Å². The molecule has 1 fully saturated rings. The minimum atomic E-state index is -4.77. The van der Waals surface area contributed by atoms with Crippen molar-refractivity contribution in [3.8, 4) is 28.9 Å². The molecule has 1 saturated heterocycles. The van der Waals surface area contributed by atoms with Gasteiger partial charge in [-0.05, 0) is 66.8 Å². The van der Waals surface area contributed by atoms with Crippen molar-refractivity contribution in [1.29, 1.82) is 5.26 Å². The predicted octanol–water partition coefficient (Wildman–Crippen LogP) is 7.89. The molecule has 1 atom stereocenters. The fourth-order valence-electron chi connectivity index (χ4n) is 4.88. The Hall–Kier alpha value is -4.96. The number of nitrogens with zero attached hydrogens (tertiary/aromatic N) is 7. The van der Waals surface area contributed by atoms with Crippen molar-refractivity contribution in [3.63, 3.8) is 0 Å². The molecule has 1 aliphatic heterocycles. The van der Waals surface area contributed by atoms with Crippen LogP contribution in [-0.2, 0) is 6.42 Å². The number of benzene rings is 3. The number of hydrogen-bond acceptors (Lipinski definition) is 6. The van der Waals surface area contributed by atoms with Gasteiger partial charge in [-0.3, -0.25) is 0 Å². The number of amides is 2. The summed E-state index contributed by atoms with van der Waals surface area (Å²) in [4.78, 5) is 27.5. The summed E-state index contributed by atoms with van der Waals surface area (Å²) in [6.07, 6.45) is 0.866. The van der Waals surface area contributed by atoms with Gasteiger partial charge in [0.15, 0.2) is 11.0 Å². The minimum absolute atomic E-state index is 0.338. The molecule has 5 rings (SSSR count). The van der Waals surface area contributed by atoms with Gasteiger partial charge in [0.05, 0.1) is 11.8 Å². The van der Waals surface area contributed by atoms with Crippen molar-refractivity contribution in [3.05, 3.63) is 89.7 Å². The maximum absolute atomic E-state index is 12.8. The van der Waals surface area contributed by atoms with E-state index in [1.165, 1.54) is 58.8 Å². The number of rotatable bonds is 8. The lowest BCUT2D eigenvalue weighted by Gasteiger charge is -2.31. The molecule has 9 nitrogen and oxygen atoms in total. The standard InChI is InChI=1S/C33H30F3N7O2S/c1-3-5-24-7-6-22(2)18-29(24)42-16-4-17-46-32(42)40-31(44)38-20-26(19-37)23-8-10-25(11-9-23)30-39-21-43(41-30)27-12-14-28(15-13-27)45-33(34,35)36/h6-15,18,20-21,26H,3-5,16-17H2,1-2H3. The molecule has 46 heavy (non-hydrogen) atoms. The summed E-state index contributed by atoms with van der Waals surface area (Å²) < 4.78 is 42.6. The number of amidine groups is 1. The van der Waals surface area contributed by atoms with Crippen molar-refractivity contribution in [2.24, 2.45) is 9.98 Å². The van der Waals surface area contributed by atoms with Gasteiger partial charge in [-0.15, -0.1) is 18.3 Å². The van der Waals surface area contributed by atoms with Gasteiger partial charge < -0.3 is 9.64 Å². The summed E-state index contributed by atoms with van der Waals surface area (Å²) in [6.45, 7) is 4.94. The Bertz CT molecular complexity index is 1780. The van der Waals surface area contributed by atoms with Crippen molar-refractivity contribution < 1.29 is 22.7 Å². The zero-order valence-corrected chi connectivity index (χ0v) is 25.9. The molecule has 0 radical (unpaired) electrons.